The van der Waals surface area contributed by atoms with E-state index in [1.165, 1.54) is 19.3 Å². The van der Waals surface area contributed by atoms with E-state index in [0.29, 0.717) is 42.8 Å². The van der Waals surface area contributed by atoms with Crippen molar-refractivity contribution in [2.75, 3.05) is 6.54 Å². The highest BCUT2D eigenvalue weighted by Gasteiger charge is 2.24. The van der Waals surface area contributed by atoms with E-state index in [0.717, 1.165) is 12.8 Å². The zero-order valence-electron chi connectivity index (χ0n) is 14.1. The van der Waals surface area contributed by atoms with Crippen LogP contribution < -0.4 is 11.1 Å². The zero-order chi connectivity index (χ0) is 16.8. The number of halogens is 1. The molecule has 1 amide bonds. The first-order valence-electron chi connectivity index (χ1n) is 8.62. The maximum absolute atomic E-state index is 12.2. The van der Waals surface area contributed by atoms with Crippen LogP contribution in [-0.4, -0.2) is 28.6 Å². The number of carbonyl (C=O) groups excluding carboxylic acids is 1. The largest absolute Gasteiger partial charge is 0.461 e. The van der Waals surface area contributed by atoms with Gasteiger partial charge in [-0.15, -0.1) is 12.4 Å². The molecule has 1 unspecified atom stereocenters. The number of nitrogens with two attached hydrogens (primary N) is 1. The average Bonchev–Trinajstić information content (AvgIpc) is 3.29. The number of furan rings is 1. The van der Waals surface area contributed by atoms with Crippen LogP contribution in [0.3, 0.4) is 0 Å². The molecule has 138 valence electrons. The van der Waals surface area contributed by atoms with E-state index in [-0.39, 0.29) is 24.4 Å². The molecule has 0 radical (unpaired) electrons. The molecule has 3 N–H and O–H groups in total. The number of rotatable bonds is 7. The molecule has 3 rings (SSSR count). The molecule has 7 nitrogen and oxygen atoms in total. The van der Waals surface area contributed by atoms with Crippen molar-refractivity contribution >= 4 is 18.3 Å². The second kappa shape index (κ2) is 9.58. The number of hydrogen-bond donors (Lipinski definition) is 2. The van der Waals surface area contributed by atoms with E-state index in [9.17, 15) is 4.79 Å². The Hall–Kier alpha value is -1.86. The molecule has 0 spiro atoms. The van der Waals surface area contributed by atoms with Crippen molar-refractivity contribution in [3.8, 4) is 11.6 Å². The molecule has 1 fully saturated rings. The highest BCUT2D eigenvalue weighted by molar-refractivity contribution is 5.85. The fraction of sp³-hybridized carbons (Fsp3) is 0.588. The van der Waals surface area contributed by atoms with Gasteiger partial charge in [-0.1, -0.05) is 24.4 Å². The first kappa shape index (κ1) is 19.5. The van der Waals surface area contributed by atoms with Gasteiger partial charge in [0, 0.05) is 25.4 Å². The smallest absolute Gasteiger partial charge is 0.238 e. The standard InChI is InChI=1S/C17H24N4O3.ClH/c18-11-13(12-5-2-1-3-6-12)19-15(22)8-9-16-20-17(21-24-16)14-7-4-10-23-14;/h4,7,10,12-13H,1-3,5-6,8-9,11,18H2,(H,19,22);1H. The lowest BCUT2D eigenvalue weighted by molar-refractivity contribution is -0.122. The first-order chi connectivity index (χ1) is 11.8. The molecule has 1 aliphatic rings. The first-order valence-corrected chi connectivity index (χ1v) is 8.62. The summed E-state index contributed by atoms with van der Waals surface area (Å²) in [6.07, 6.45) is 8.32. The van der Waals surface area contributed by atoms with E-state index in [1.54, 1.807) is 18.4 Å². The number of aromatic nitrogens is 2. The second-order valence-electron chi connectivity index (χ2n) is 6.30. The monoisotopic (exact) mass is 368 g/mol. The SMILES string of the molecule is Cl.NCC(NC(=O)CCc1nc(-c2ccco2)no1)C1CCCCC1. The zero-order valence-corrected chi connectivity index (χ0v) is 15.0. The van der Waals surface area contributed by atoms with Crippen molar-refractivity contribution in [2.45, 2.75) is 51.0 Å². The predicted octanol–water partition coefficient (Wildman–Crippen LogP) is 2.71. The summed E-state index contributed by atoms with van der Waals surface area (Å²) in [5.74, 6) is 1.86. The number of amides is 1. The van der Waals surface area contributed by atoms with Crippen molar-refractivity contribution in [3.05, 3.63) is 24.3 Å². The Morgan fingerprint density at radius 1 is 1.36 bits per heavy atom. The van der Waals surface area contributed by atoms with Crippen LogP contribution in [0.5, 0.6) is 0 Å². The Labute approximate surface area is 153 Å². The summed E-state index contributed by atoms with van der Waals surface area (Å²) in [5, 5.41) is 6.92. The number of nitrogens with one attached hydrogen (secondary N) is 1. The summed E-state index contributed by atoms with van der Waals surface area (Å²) in [7, 11) is 0. The fourth-order valence-corrected chi connectivity index (χ4v) is 3.27. The molecule has 2 heterocycles. The molecule has 1 saturated carbocycles. The topological polar surface area (TPSA) is 107 Å². The van der Waals surface area contributed by atoms with Crippen LogP contribution in [0.2, 0.25) is 0 Å². The molecule has 1 aliphatic carbocycles. The second-order valence-corrected chi connectivity index (χ2v) is 6.30. The van der Waals surface area contributed by atoms with Crippen molar-refractivity contribution in [2.24, 2.45) is 11.7 Å². The van der Waals surface area contributed by atoms with Crippen LogP contribution in [0.25, 0.3) is 11.6 Å². The van der Waals surface area contributed by atoms with Gasteiger partial charge in [-0.25, -0.2) is 0 Å². The Morgan fingerprint density at radius 3 is 2.84 bits per heavy atom. The van der Waals surface area contributed by atoms with Gasteiger partial charge in [-0.3, -0.25) is 4.79 Å². The minimum absolute atomic E-state index is 0. The summed E-state index contributed by atoms with van der Waals surface area (Å²) in [5.41, 5.74) is 5.85. The van der Waals surface area contributed by atoms with Crippen LogP contribution in [0, 0.1) is 5.92 Å². The van der Waals surface area contributed by atoms with E-state index in [2.05, 4.69) is 15.5 Å². The molecular formula is C17H25ClN4O3. The van der Waals surface area contributed by atoms with Crippen LogP contribution >= 0.6 is 12.4 Å². The maximum atomic E-state index is 12.2. The van der Waals surface area contributed by atoms with E-state index in [1.807, 2.05) is 0 Å². The molecule has 0 bridgehead atoms. The predicted molar refractivity (Wildman–Crippen MR) is 95.1 cm³/mol. The van der Waals surface area contributed by atoms with Crippen molar-refractivity contribution in [3.63, 3.8) is 0 Å². The van der Waals surface area contributed by atoms with Gasteiger partial charge in [-0.05, 0) is 30.9 Å². The summed E-state index contributed by atoms with van der Waals surface area (Å²) < 4.78 is 10.4. The van der Waals surface area contributed by atoms with Gasteiger partial charge in [-0.2, -0.15) is 4.98 Å². The van der Waals surface area contributed by atoms with Gasteiger partial charge in [0.05, 0.1) is 6.26 Å². The summed E-state index contributed by atoms with van der Waals surface area (Å²) in [6.45, 7) is 0.486. The molecule has 0 aliphatic heterocycles. The normalized spacial score (nSPS) is 16.2. The van der Waals surface area contributed by atoms with Crippen LogP contribution in [-0.2, 0) is 11.2 Å². The number of nitrogens with zero attached hydrogens (tertiary/aromatic N) is 2. The molecule has 8 heteroatoms. The lowest BCUT2D eigenvalue weighted by Gasteiger charge is -2.30. The van der Waals surface area contributed by atoms with Gasteiger partial charge >= 0.3 is 0 Å². The van der Waals surface area contributed by atoms with E-state index >= 15 is 0 Å². The Bertz CT molecular complexity index is 638. The van der Waals surface area contributed by atoms with Crippen LogP contribution in [0.15, 0.2) is 27.3 Å². The van der Waals surface area contributed by atoms with Crippen molar-refractivity contribution < 1.29 is 13.7 Å². The molecule has 2 aromatic heterocycles. The molecule has 25 heavy (non-hydrogen) atoms. The van der Waals surface area contributed by atoms with Gasteiger partial charge in [0.15, 0.2) is 5.76 Å². The molecule has 0 aromatic carbocycles. The molecular weight excluding hydrogens is 344 g/mol. The van der Waals surface area contributed by atoms with Crippen molar-refractivity contribution in [1.82, 2.24) is 15.5 Å². The average molecular weight is 369 g/mol. The van der Waals surface area contributed by atoms with Gasteiger partial charge < -0.3 is 20.0 Å². The third-order valence-corrected chi connectivity index (χ3v) is 4.59. The Balaban J connectivity index is 0.00000225. The van der Waals surface area contributed by atoms with E-state index in [4.69, 9.17) is 14.7 Å². The maximum Gasteiger partial charge on any atom is 0.238 e. The Morgan fingerprint density at radius 2 is 2.16 bits per heavy atom. The highest BCUT2D eigenvalue weighted by atomic mass is 35.5. The third kappa shape index (κ3) is 5.31. The third-order valence-electron chi connectivity index (χ3n) is 4.59. The number of carbonyl (C=O) groups is 1. The van der Waals surface area contributed by atoms with Crippen molar-refractivity contribution in [1.29, 1.82) is 0 Å². The van der Waals surface area contributed by atoms with Gasteiger partial charge in [0.25, 0.3) is 0 Å². The summed E-state index contributed by atoms with van der Waals surface area (Å²) >= 11 is 0. The minimum atomic E-state index is -0.0197. The van der Waals surface area contributed by atoms with Gasteiger partial charge in [0.1, 0.15) is 0 Å². The van der Waals surface area contributed by atoms with Crippen LogP contribution in [0.4, 0.5) is 0 Å². The van der Waals surface area contributed by atoms with E-state index < -0.39 is 0 Å². The van der Waals surface area contributed by atoms with Gasteiger partial charge in [0.2, 0.25) is 17.6 Å². The quantitative estimate of drug-likeness (QED) is 0.778. The molecule has 0 saturated heterocycles. The summed E-state index contributed by atoms with van der Waals surface area (Å²) in [4.78, 5) is 16.4. The lowest BCUT2D eigenvalue weighted by atomic mass is 9.84. The fourth-order valence-electron chi connectivity index (χ4n) is 3.27. The Kier molecular flexibility index (Phi) is 7.46. The highest BCUT2D eigenvalue weighted by Crippen LogP contribution is 2.26. The number of aryl methyl sites for hydroxylation is 1. The molecule has 1 atom stereocenters. The molecule has 2 aromatic rings. The van der Waals surface area contributed by atoms with Crippen LogP contribution in [0.1, 0.15) is 44.4 Å². The lowest BCUT2D eigenvalue weighted by Crippen LogP contribution is -2.46. The number of hydrogen-bond acceptors (Lipinski definition) is 6. The minimum Gasteiger partial charge on any atom is -0.461 e. The summed E-state index contributed by atoms with van der Waals surface area (Å²) in [6, 6.07) is 3.59.